The number of nitrogens with one attached hydrogen (secondary N) is 3. The lowest BCUT2D eigenvalue weighted by Crippen LogP contribution is -2.32. The van der Waals surface area contributed by atoms with Crippen LogP contribution in [0.4, 0.5) is 10.5 Å². The molecule has 7 heteroatoms. The van der Waals surface area contributed by atoms with Gasteiger partial charge >= 0.3 is 6.09 Å². The van der Waals surface area contributed by atoms with Crippen LogP contribution in [0.25, 0.3) is 0 Å². The van der Waals surface area contributed by atoms with Gasteiger partial charge in [-0.05, 0) is 75.9 Å². The first kappa shape index (κ1) is 23.3. The molecule has 1 saturated carbocycles. The Balaban J connectivity index is 1.49. The largest absolute Gasteiger partial charge is 0.444 e. The first-order valence-electron chi connectivity index (χ1n) is 10.9. The van der Waals surface area contributed by atoms with Crippen molar-refractivity contribution in [3.8, 4) is 0 Å². The third-order valence-corrected chi connectivity index (χ3v) is 5.03. The molecule has 0 radical (unpaired) electrons. The lowest BCUT2D eigenvalue weighted by Gasteiger charge is -2.19. The molecule has 0 spiro atoms. The van der Waals surface area contributed by atoms with Crippen molar-refractivity contribution in [2.75, 3.05) is 5.32 Å². The normalized spacial score (nSPS) is 14.2. The summed E-state index contributed by atoms with van der Waals surface area (Å²) in [4.78, 5) is 36.2. The Hall–Kier alpha value is -3.35. The van der Waals surface area contributed by atoms with Gasteiger partial charge in [0.25, 0.3) is 5.91 Å². The molecule has 2 aromatic rings. The second kappa shape index (κ2) is 9.85. The number of rotatable bonds is 7. The molecule has 0 bridgehead atoms. The Bertz CT molecular complexity index is 958. The van der Waals surface area contributed by atoms with E-state index in [2.05, 4.69) is 16.0 Å². The number of benzene rings is 2. The van der Waals surface area contributed by atoms with Gasteiger partial charge in [0.05, 0.1) is 6.04 Å². The van der Waals surface area contributed by atoms with Crippen molar-refractivity contribution in [1.82, 2.24) is 10.6 Å². The van der Waals surface area contributed by atoms with Crippen LogP contribution in [0.3, 0.4) is 0 Å². The smallest absolute Gasteiger partial charge is 0.407 e. The third-order valence-electron chi connectivity index (χ3n) is 5.03. The Labute approximate surface area is 188 Å². The molecule has 0 saturated heterocycles. The second-order valence-electron chi connectivity index (χ2n) is 9.13. The maximum absolute atomic E-state index is 12.6. The maximum Gasteiger partial charge on any atom is 0.407 e. The van der Waals surface area contributed by atoms with Crippen LogP contribution >= 0.6 is 0 Å². The van der Waals surface area contributed by atoms with Gasteiger partial charge in [0.15, 0.2) is 0 Å². The van der Waals surface area contributed by atoms with E-state index >= 15 is 0 Å². The number of anilines is 1. The highest BCUT2D eigenvalue weighted by Gasteiger charge is 2.29. The summed E-state index contributed by atoms with van der Waals surface area (Å²) in [5.41, 5.74) is 2.56. The number of hydrogen-bond donors (Lipinski definition) is 3. The van der Waals surface area contributed by atoms with E-state index in [0.29, 0.717) is 12.1 Å². The molecule has 0 heterocycles. The van der Waals surface area contributed by atoms with E-state index in [4.69, 9.17) is 4.74 Å². The highest BCUT2D eigenvalue weighted by molar-refractivity contribution is 5.95. The molecular formula is C25H31N3O4. The van der Waals surface area contributed by atoms with Crippen molar-refractivity contribution < 1.29 is 19.1 Å². The zero-order valence-electron chi connectivity index (χ0n) is 19.0. The zero-order chi connectivity index (χ0) is 23.3. The van der Waals surface area contributed by atoms with Crippen LogP contribution in [-0.4, -0.2) is 23.5 Å². The van der Waals surface area contributed by atoms with Crippen LogP contribution in [0.5, 0.6) is 0 Å². The molecule has 1 aliphatic carbocycles. The predicted molar refractivity (Wildman–Crippen MR) is 123 cm³/mol. The number of carbonyl (C=O) groups excluding carboxylic acids is 3. The number of amides is 3. The highest BCUT2D eigenvalue weighted by Crippen LogP contribution is 2.30. The average Bonchev–Trinajstić information content (AvgIpc) is 3.57. The lowest BCUT2D eigenvalue weighted by molar-refractivity contribution is -0.117. The summed E-state index contributed by atoms with van der Waals surface area (Å²) < 4.78 is 5.21. The molecule has 0 aliphatic heterocycles. The summed E-state index contributed by atoms with van der Waals surface area (Å²) >= 11 is 0. The Morgan fingerprint density at radius 1 is 1.00 bits per heavy atom. The number of alkyl carbamates (subject to hydrolysis) is 1. The summed E-state index contributed by atoms with van der Waals surface area (Å²) in [6.45, 7) is 7.65. The van der Waals surface area contributed by atoms with E-state index in [1.54, 1.807) is 24.3 Å². The van der Waals surface area contributed by atoms with Crippen molar-refractivity contribution >= 4 is 23.6 Å². The minimum atomic E-state index is -0.548. The van der Waals surface area contributed by atoms with E-state index in [0.717, 1.165) is 29.7 Å². The fourth-order valence-electron chi connectivity index (χ4n) is 3.07. The first-order chi connectivity index (χ1) is 15.1. The Morgan fingerprint density at radius 2 is 1.62 bits per heavy atom. The maximum atomic E-state index is 12.6. The highest BCUT2D eigenvalue weighted by atomic mass is 16.6. The van der Waals surface area contributed by atoms with Crippen LogP contribution in [-0.2, 0) is 16.1 Å². The van der Waals surface area contributed by atoms with Crippen molar-refractivity contribution in [3.63, 3.8) is 0 Å². The molecule has 1 atom stereocenters. The van der Waals surface area contributed by atoms with Gasteiger partial charge in [0, 0.05) is 23.7 Å². The molecule has 1 aliphatic rings. The fraction of sp³-hybridized carbons (Fsp3) is 0.400. The van der Waals surface area contributed by atoms with Crippen molar-refractivity contribution in [3.05, 3.63) is 65.2 Å². The van der Waals surface area contributed by atoms with Crippen molar-refractivity contribution in [2.45, 2.75) is 58.7 Å². The van der Waals surface area contributed by atoms with Gasteiger partial charge in [-0.3, -0.25) is 9.59 Å². The molecule has 1 fully saturated rings. The predicted octanol–water partition coefficient (Wildman–Crippen LogP) is 4.55. The summed E-state index contributed by atoms with van der Waals surface area (Å²) in [5.74, 6) is 0.0477. The number of ether oxygens (including phenoxy) is 1. The quantitative estimate of drug-likeness (QED) is 0.592. The second-order valence-corrected chi connectivity index (χ2v) is 9.13. The zero-order valence-corrected chi connectivity index (χ0v) is 19.0. The number of hydrogen-bond acceptors (Lipinski definition) is 4. The van der Waals surface area contributed by atoms with Gasteiger partial charge in [-0.25, -0.2) is 4.79 Å². The Morgan fingerprint density at radius 3 is 2.19 bits per heavy atom. The van der Waals surface area contributed by atoms with Gasteiger partial charge in [-0.2, -0.15) is 0 Å². The van der Waals surface area contributed by atoms with Crippen LogP contribution in [0, 0.1) is 5.92 Å². The van der Waals surface area contributed by atoms with Gasteiger partial charge in [-0.15, -0.1) is 0 Å². The molecule has 170 valence electrons. The molecule has 2 aromatic carbocycles. The summed E-state index contributed by atoms with van der Waals surface area (Å²) in [5, 5.41) is 8.59. The van der Waals surface area contributed by atoms with Crippen molar-refractivity contribution in [2.24, 2.45) is 5.92 Å². The van der Waals surface area contributed by atoms with Crippen LogP contribution in [0.15, 0.2) is 48.5 Å². The van der Waals surface area contributed by atoms with E-state index in [1.807, 2.05) is 52.0 Å². The summed E-state index contributed by atoms with van der Waals surface area (Å²) in [7, 11) is 0. The first-order valence-corrected chi connectivity index (χ1v) is 10.9. The average molecular weight is 438 g/mol. The van der Waals surface area contributed by atoms with Gasteiger partial charge in [-0.1, -0.05) is 24.3 Å². The molecule has 1 unspecified atom stereocenters. The molecule has 7 nitrogen and oxygen atoms in total. The minimum absolute atomic E-state index is 0.0730. The van der Waals surface area contributed by atoms with E-state index in [1.165, 1.54) is 0 Å². The molecule has 3 rings (SSSR count). The standard InChI is InChI=1S/C25H31N3O4/c1-16(18-11-13-21(14-12-18)28-23(30)20-9-10-20)27-22(29)19-7-5-17(6-8-19)15-26-24(31)32-25(2,3)4/h5-8,11-14,16,20H,9-10,15H2,1-4H3,(H,26,31)(H,27,29)(H,28,30). The van der Waals surface area contributed by atoms with Gasteiger partial charge in [0.1, 0.15) is 5.60 Å². The van der Waals surface area contributed by atoms with E-state index < -0.39 is 11.7 Å². The molecule has 3 amide bonds. The Kier molecular flexibility index (Phi) is 7.18. The number of carbonyl (C=O) groups is 3. The van der Waals surface area contributed by atoms with Crippen LogP contribution < -0.4 is 16.0 Å². The molecular weight excluding hydrogens is 406 g/mol. The van der Waals surface area contributed by atoms with Gasteiger partial charge < -0.3 is 20.7 Å². The van der Waals surface area contributed by atoms with E-state index in [9.17, 15) is 14.4 Å². The lowest BCUT2D eigenvalue weighted by atomic mass is 10.1. The topological polar surface area (TPSA) is 96.5 Å². The molecule has 0 aromatic heterocycles. The molecule has 32 heavy (non-hydrogen) atoms. The van der Waals surface area contributed by atoms with Crippen molar-refractivity contribution in [1.29, 1.82) is 0 Å². The van der Waals surface area contributed by atoms with E-state index in [-0.39, 0.29) is 23.8 Å². The van der Waals surface area contributed by atoms with Crippen LogP contribution in [0.2, 0.25) is 0 Å². The van der Waals surface area contributed by atoms with Crippen LogP contribution in [0.1, 0.15) is 68.1 Å². The minimum Gasteiger partial charge on any atom is -0.444 e. The summed E-state index contributed by atoms with van der Waals surface area (Å²) in [6.07, 6.45) is 1.45. The third kappa shape index (κ3) is 7.11. The molecule has 3 N–H and O–H groups in total. The SMILES string of the molecule is CC(NC(=O)c1ccc(CNC(=O)OC(C)(C)C)cc1)c1ccc(NC(=O)C2CC2)cc1. The monoisotopic (exact) mass is 437 g/mol. The van der Waals surface area contributed by atoms with Gasteiger partial charge in [0.2, 0.25) is 5.91 Å². The summed E-state index contributed by atoms with van der Waals surface area (Å²) in [6, 6.07) is 14.4. The fourth-order valence-corrected chi connectivity index (χ4v) is 3.07.